The summed E-state index contributed by atoms with van der Waals surface area (Å²) in [5.74, 6) is 0. The smallest absolute Gasteiger partial charge is 0.181 e. The molecule has 0 fully saturated rings. The summed E-state index contributed by atoms with van der Waals surface area (Å²) in [7, 11) is 0. The summed E-state index contributed by atoms with van der Waals surface area (Å²) in [6.45, 7) is 0. The van der Waals surface area contributed by atoms with Gasteiger partial charge in [0.2, 0.25) is 0 Å². The SMILES string of the molecule is O=Cc1ccccc1.O=c1cc[nH]cc1. The normalized spacial score (nSPS) is 8.53. The van der Waals surface area contributed by atoms with Crippen molar-refractivity contribution in [1.29, 1.82) is 0 Å². The fraction of sp³-hybridized carbons (Fsp3) is 0. The number of pyridine rings is 1. The van der Waals surface area contributed by atoms with Gasteiger partial charge in [-0.2, -0.15) is 0 Å². The summed E-state index contributed by atoms with van der Waals surface area (Å²) in [6.07, 6.45) is 4.03. The van der Waals surface area contributed by atoms with Crippen LogP contribution in [0.4, 0.5) is 0 Å². The Bertz CT molecular complexity index is 431. The van der Waals surface area contributed by atoms with E-state index in [-0.39, 0.29) is 5.43 Å². The number of carbonyl (C=O) groups excluding carboxylic acids is 1. The van der Waals surface area contributed by atoms with Gasteiger partial charge in [-0.25, -0.2) is 0 Å². The van der Waals surface area contributed by atoms with Gasteiger partial charge in [-0.15, -0.1) is 0 Å². The summed E-state index contributed by atoms with van der Waals surface area (Å²) in [4.78, 5) is 23.0. The molecule has 1 heterocycles. The lowest BCUT2D eigenvalue weighted by Gasteiger charge is -1.81. The Hall–Kier alpha value is -2.16. The van der Waals surface area contributed by atoms with Gasteiger partial charge in [0.1, 0.15) is 6.29 Å². The Kier molecular flexibility index (Phi) is 4.60. The molecule has 1 N–H and O–H groups in total. The minimum absolute atomic E-state index is 0.0405. The molecule has 0 radical (unpaired) electrons. The molecule has 0 spiro atoms. The molecule has 0 saturated heterocycles. The Morgan fingerprint density at radius 3 is 1.87 bits per heavy atom. The Balaban J connectivity index is 0.000000151. The monoisotopic (exact) mass is 201 g/mol. The Labute approximate surface area is 87.4 Å². The van der Waals surface area contributed by atoms with Crippen LogP contribution in [0.3, 0.4) is 0 Å². The van der Waals surface area contributed by atoms with E-state index in [1.54, 1.807) is 24.5 Å². The van der Waals surface area contributed by atoms with Crippen LogP contribution in [0, 0.1) is 0 Å². The molecule has 3 nitrogen and oxygen atoms in total. The molecule has 2 aromatic rings. The second-order valence-corrected chi connectivity index (χ2v) is 2.76. The van der Waals surface area contributed by atoms with E-state index < -0.39 is 0 Å². The Morgan fingerprint density at radius 1 is 0.933 bits per heavy atom. The van der Waals surface area contributed by atoms with Crippen molar-refractivity contribution in [2.45, 2.75) is 0 Å². The van der Waals surface area contributed by atoms with Crippen molar-refractivity contribution >= 4 is 6.29 Å². The number of aromatic nitrogens is 1. The topological polar surface area (TPSA) is 49.9 Å². The van der Waals surface area contributed by atoms with E-state index in [1.165, 1.54) is 12.1 Å². The standard InChI is InChI=1S/C7H6O.C5H5NO/c8-6-7-4-2-1-3-5-7;7-5-1-3-6-4-2-5/h1-6H;1-4H,(H,6,7). The molecule has 0 atom stereocenters. The van der Waals surface area contributed by atoms with Gasteiger partial charge >= 0.3 is 0 Å². The van der Waals surface area contributed by atoms with Crippen LogP contribution in [0.15, 0.2) is 59.7 Å². The van der Waals surface area contributed by atoms with Crippen molar-refractivity contribution in [1.82, 2.24) is 4.98 Å². The van der Waals surface area contributed by atoms with Crippen LogP contribution in [0.25, 0.3) is 0 Å². The lowest BCUT2D eigenvalue weighted by atomic mass is 10.2. The lowest BCUT2D eigenvalue weighted by molar-refractivity contribution is 0.112. The third kappa shape index (κ3) is 4.57. The van der Waals surface area contributed by atoms with Crippen molar-refractivity contribution in [3.8, 4) is 0 Å². The van der Waals surface area contributed by atoms with Gasteiger partial charge in [0.25, 0.3) is 0 Å². The van der Waals surface area contributed by atoms with E-state index in [0.717, 1.165) is 11.8 Å². The average molecular weight is 201 g/mol. The van der Waals surface area contributed by atoms with Gasteiger partial charge in [0, 0.05) is 30.1 Å². The van der Waals surface area contributed by atoms with Crippen LogP contribution in [0.1, 0.15) is 10.4 Å². The predicted octanol–water partition coefficient (Wildman–Crippen LogP) is 1.87. The van der Waals surface area contributed by atoms with E-state index in [4.69, 9.17) is 0 Å². The quantitative estimate of drug-likeness (QED) is 0.716. The highest BCUT2D eigenvalue weighted by atomic mass is 16.1. The molecule has 1 aromatic carbocycles. The zero-order valence-corrected chi connectivity index (χ0v) is 8.09. The molecule has 1 aromatic heterocycles. The highest BCUT2D eigenvalue weighted by molar-refractivity contribution is 5.74. The van der Waals surface area contributed by atoms with E-state index in [0.29, 0.717) is 0 Å². The number of hydrogen-bond acceptors (Lipinski definition) is 2. The first-order chi connectivity index (χ1) is 7.33. The molecular weight excluding hydrogens is 190 g/mol. The predicted molar refractivity (Wildman–Crippen MR) is 58.9 cm³/mol. The number of hydrogen-bond donors (Lipinski definition) is 1. The van der Waals surface area contributed by atoms with Crippen molar-refractivity contribution < 1.29 is 4.79 Å². The summed E-state index contributed by atoms with van der Waals surface area (Å²) >= 11 is 0. The average Bonchev–Trinajstić information content (AvgIpc) is 2.32. The minimum atomic E-state index is 0.0405. The first-order valence-electron chi connectivity index (χ1n) is 4.46. The highest BCUT2D eigenvalue weighted by Gasteiger charge is 1.80. The molecule has 0 aliphatic heterocycles. The first-order valence-corrected chi connectivity index (χ1v) is 4.46. The molecule has 15 heavy (non-hydrogen) atoms. The van der Waals surface area contributed by atoms with Crippen molar-refractivity contribution in [2.24, 2.45) is 0 Å². The molecule has 0 bridgehead atoms. The maximum absolute atomic E-state index is 10.2. The molecule has 2 rings (SSSR count). The van der Waals surface area contributed by atoms with E-state index in [1.807, 2.05) is 18.2 Å². The number of benzene rings is 1. The van der Waals surface area contributed by atoms with E-state index in [9.17, 15) is 9.59 Å². The van der Waals surface area contributed by atoms with Crippen LogP contribution in [0.2, 0.25) is 0 Å². The first kappa shape index (κ1) is 10.9. The van der Waals surface area contributed by atoms with E-state index in [2.05, 4.69) is 4.98 Å². The number of nitrogens with one attached hydrogen (secondary N) is 1. The summed E-state index contributed by atoms with van der Waals surface area (Å²) in [5, 5.41) is 0. The van der Waals surface area contributed by atoms with Gasteiger partial charge in [0.15, 0.2) is 5.43 Å². The zero-order chi connectivity index (χ0) is 10.9. The van der Waals surface area contributed by atoms with Gasteiger partial charge < -0.3 is 4.98 Å². The molecule has 0 unspecified atom stereocenters. The summed E-state index contributed by atoms with van der Waals surface area (Å²) in [5.41, 5.74) is 0.770. The fourth-order valence-electron chi connectivity index (χ4n) is 0.903. The third-order valence-corrected chi connectivity index (χ3v) is 1.62. The maximum Gasteiger partial charge on any atom is 0.181 e. The number of rotatable bonds is 1. The van der Waals surface area contributed by atoms with Crippen LogP contribution in [-0.2, 0) is 0 Å². The molecule has 0 aliphatic rings. The summed E-state index contributed by atoms with van der Waals surface area (Å²) < 4.78 is 0. The second kappa shape index (κ2) is 6.32. The fourth-order valence-corrected chi connectivity index (χ4v) is 0.903. The number of carbonyl (C=O) groups is 1. The van der Waals surface area contributed by atoms with Crippen LogP contribution >= 0.6 is 0 Å². The van der Waals surface area contributed by atoms with Crippen LogP contribution < -0.4 is 5.43 Å². The zero-order valence-electron chi connectivity index (χ0n) is 8.09. The number of aromatic amines is 1. The maximum atomic E-state index is 10.2. The lowest BCUT2D eigenvalue weighted by Crippen LogP contribution is -1.92. The number of aldehydes is 1. The van der Waals surface area contributed by atoms with Gasteiger partial charge in [-0.1, -0.05) is 30.3 Å². The summed E-state index contributed by atoms with van der Waals surface area (Å²) in [6, 6.07) is 12.0. The molecule has 76 valence electrons. The van der Waals surface area contributed by atoms with Gasteiger partial charge in [0.05, 0.1) is 0 Å². The van der Waals surface area contributed by atoms with Crippen molar-refractivity contribution in [3.63, 3.8) is 0 Å². The molecule has 3 heteroatoms. The molecular formula is C12H11NO2. The van der Waals surface area contributed by atoms with Crippen LogP contribution in [0.5, 0.6) is 0 Å². The largest absolute Gasteiger partial charge is 0.367 e. The molecule has 0 amide bonds. The van der Waals surface area contributed by atoms with Gasteiger partial charge in [-0.05, 0) is 0 Å². The molecule has 0 aliphatic carbocycles. The highest BCUT2D eigenvalue weighted by Crippen LogP contribution is 1.91. The van der Waals surface area contributed by atoms with Crippen molar-refractivity contribution in [3.05, 3.63) is 70.6 Å². The van der Waals surface area contributed by atoms with Gasteiger partial charge in [-0.3, -0.25) is 9.59 Å². The number of H-pyrrole nitrogens is 1. The second-order valence-electron chi connectivity index (χ2n) is 2.76. The van der Waals surface area contributed by atoms with Crippen LogP contribution in [-0.4, -0.2) is 11.3 Å². The minimum Gasteiger partial charge on any atom is -0.367 e. The van der Waals surface area contributed by atoms with E-state index >= 15 is 0 Å². The Morgan fingerprint density at radius 2 is 1.53 bits per heavy atom. The molecule has 0 saturated carbocycles. The van der Waals surface area contributed by atoms with Crippen molar-refractivity contribution in [2.75, 3.05) is 0 Å². The third-order valence-electron chi connectivity index (χ3n) is 1.62.